The van der Waals surface area contributed by atoms with Crippen LogP contribution in [0.25, 0.3) is 0 Å². The first-order valence-electron chi connectivity index (χ1n) is 16.5. The summed E-state index contributed by atoms with van der Waals surface area (Å²) in [5, 5.41) is 6.35. The minimum atomic E-state index is 0. The molecule has 2 aromatic rings. The molecule has 2 fully saturated rings. The number of likely N-dealkylation sites (tertiary alicyclic amines) is 2. The Morgan fingerprint density at radius 1 is 0.659 bits per heavy atom. The van der Waals surface area contributed by atoms with Gasteiger partial charge in [0.15, 0.2) is 0 Å². The van der Waals surface area contributed by atoms with Crippen LogP contribution in [0.15, 0.2) is 36.4 Å². The zero-order valence-corrected chi connectivity index (χ0v) is 29.0. The molecule has 2 aromatic carbocycles. The van der Waals surface area contributed by atoms with Gasteiger partial charge in [-0.25, -0.2) is 0 Å². The maximum atomic E-state index is 12.7. The van der Waals surface area contributed by atoms with Crippen LogP contribution < -0.4 is 10.6 Å². The molecular weight excluding hydrogens is 572 g/mol. The van der Waals surface area contributed by atoms with Gasteiger partial charge in [-0.1, -0.05) is 75.9 Å². The van der Waals surface area contributed by atoms with Gasteiger partial charge < -0.3 is 16.1 Å². The maximum absolute atomic E-state index is 12.7. The first-order chi connectivity index (χ1) is 20.3. The Bertz CT molecular complexity index is 1030. The van der Waals surface area contributed by atoms with E-state index in [4.69, 9.17) is 0 Å². The standard InChI is InChI=1S/2C18H28N2O.ClH.H2O/c2*1-4-5-12-20-13-7-6-11-16(20)18(21)19-17-14(2)9-8-10-15(17)3;;/h2*8-10,16H,4-7,11-13H2,1-3H3,(H,19,21);1H;1H2. The molecule has 0 aromatic heterocycles. The zero-order chi connectivity index (χ0) is 30.5. The Hall–Kier alpha value is -2.45. The highest BCUT2D eigenvalue weighted by molar-refractivity contribution is 5.96. The number of carbonyl (C=O) groups excluding carboxylic acids is 2. The van der Waals surface area contributed by atoms with Gasteiger partial charge >= 0.3 is 0 Å². The largest absolute Gasteiger partial charge is 0.412 e. The monoisotopic (exact) mass is 630 g/mol. The van der Waals surface area contributed by atoms with Crippen molar-refractivity contribution < 1.29 is 15.1 Å². The molecule has 0 saturated carbocycles. The van der Waals surface area contributed by atoms with Gasteiger partial charge in [-0.2, -0.15) is 0 Å². The quantitative estimate of drug-likeness (QED) is 0.286. The summed E-state index contributed by atoms with van der Waals surface area (Å²) in [4.78, 5) is 30.1. The van der Waals surface area contributed by atoms with Crippen LogP contribution in [0.4, 0.5) is 11.4 Å². The van der Waals surface area contributed by atoms with Gasteiger partial charge in [-0.05, 0) is 115 Å². The second kappa shape index (κ2) is 20.6. The molecule has 8 heteroatoms. The molecule has 7 nitrogen and oxygen atoms in total. The Morgan fingerprint density at radius 3 is 1.32 bits per heavy atom. The van der Waals surface area contributed by atoms with Crippen molar-refractivity contribution in [3.05, 3.63) is 58.7 Å². The predicted octanol–water partition coefficient (Wildman–Crippen LogP) is 7.39. The fourth-order valence-electron chi connectivity index (χ4n) is 6.27. The van der Waals surface area contributed by atoms with Gasteiger partial charge in [0.2, 0.25) is 11.8 Å². The van der Waals surface area contributed by atoms with E-state index in [0.29, 0.717) is 0 Å². The molecule has 4 N–H and O–H groups in total. The van der Waals surface area contributed by atoms with Gasteiger partial charge in [-0.15, -0.1) is 12.4 Å². The number of rotatable bonds is 10. The topological polar surface area (TPSA) is 96.2 Å². The Kier molecular flexibility index (Phi) is 18.5. The lowest BCUT2D eigenvalue weighted by Crippen LogP contribution is -2.47. The molecule has 0 aliphatic carbocycles. The number of nitrogens with zero attached hydrogens (tertiary/aromatic N) is 2. The van der Waals surface area contributed by atoms with Crippen molar-refractivity contribution in [3.63, 3.8) is 0 Å². The van der Waals surface area contributed by atoms with Crippen molar-refractivity contribution in [3.8, 4) is 0 Å². The van der Waals surface area contributed by atoms with Gasteiger partial charge in [0.1, 0.15) is 0 Å². The number of hydrogen-bond donors (Lipinski definition) is 2. The molecule has 0 radical (unpaired) electrons. The number of anilines is 2. The smallest absolute Gasteiger partial charge is 0.241 e. The first kappa shape index (κ1) is 39.6. The first-order valence-corrected chi connectivity index (χ1v) is 16.5. The zero-order valence-electron chi connectivity index (χ0n) is 28.1. The number of nitrogens with one attached hydrogen (secondary N) is 2. The highest BCUT2D eigenvalue weighted by atomic mass is 35.5. The summed E-state index contributed by atoms with van der Waals surface area (Å²) in [5.74, 6) is 0.339. The molecule has 0 spiro atoms. The summed E-state index contributed by atoms with van der Waals surface area (Å²) in [6.07, 6.45) is 11.4. The fraction of sp³-hybridized carbons (Fsp3) is 0.611. The number of para-hydroxylation sites is 2. The normalized spacial score (nSPS) is 18.6. The van der Waals surface area contributed by atoms with E-state index in [2.05, 4.69) is 86.2 Å². The van der Waals surface area contributed by atoms with Crippen LogP contribution in [-0.4, -0.2) is 65.4 Å². The average molecular weight is 631 g/mol. The van der Waals surface area contributed by atoms with Crippen molar-refractivity contribution in [2.24, 2.45) is 0 Å². The number of unbranched alkanes of at least 4 members (excludes halogenated alkanes) is 2. The average Bonchev–Trinajstić information content (AvgIpc) is 2.99. The van der Waals surface area contributed by atoms with Crippen LogP contribution in [0.1, 0.15) is 100 Å². The molecule has 44 heavy (non-hydrogen) atoms. The van der Waals surface area contributed by atoms with Gasteiger partial charge in [0.25, 0.3) is 0 Å². The van der Waals surface area contributed by atoms with Crippen molar-refractivity contribution in [1.29, 1.82) is 0 Å². The minimum Gasteiger partial charge on any atom is -0.412 e. The van der Waals surface area contributed by atoms with Crippen LogP contribution in [0.2, 0.25) is 0 Å². The summed E-state index contributed by atoms with van der Waals surface area (Å²) in [5.41, 5.74) is 6.53. The van der Waals surface area contributed by atoms with Crippen molar-refractivity contribution >= 4 is 35.6 Å². The predicted molar refractivity (Wildman–Crippen MR) is 188 cm³/mol. The molecule has 2 aliphatic rings. The van der Waals surface area contributed by atoms with Gasteiger partial charge in [0, 0.05) is 11.4 Å². The SMILES string of the molecule is CCCCN1CCCCC1C(=O)Nc1c(C)cccc1C.CCCCN1CCCCC1C(=O)Nc1c(C)cccc1C.Cl.O. The number of carbonyl (C=O) groups is 2. The lowest BCUT2D eigenvalue weighted by atomic mass is 10.00. The van der Waals surface area contributed by atoms with E-state index in [9.17, 15) is 9.59 Å². The van der Waals surface area contributed by atoms with Crippen LogP contribution >= 0.6 is 12.4 Å². The summed E-state index contributed by atoms with van der Waals surface area (Å²) >= 11 is 0. The molecule has 248 valence electrons. The van der Waals surface area contributed by atoms with E-state index in [1.54, 1.807) is 0 Å². The second-order valence-electron chi connectivity index (χ2n) is 12.3. The third kappa shape index (κ3) is 11.5. The lowest BCUT2D eigenvalue weighted by Gasteiger charge is -2.34. The summed E-state index contributed by atoms with van der Waals surface area (Å²) in [6.45, 7) is 16.8. The molecule has 2 aliphatic heterocycles. The highest BCUT2D eigenvalue weighted by Gasteiger charge is 2.29. The third-order valence-electron chi connectivity index (χ3n) is 8.89. The van der Waals surface area contributed by atoms with Crippen LogP contribution in [0.3, 0.4) is 0 Å². The maximum Gasteiger partial charge on any atom is 0.241 e. The Morgan fingerprint density at radius 2 is 1.00 bits per heavy atom. The molecule has 2 amide bonds. The molecular formula is C36H59ClN4O3. The molecule has 2 heterocycles. The number of aryl methyl sites for hydroxylation is 4. The lowest BCUT2D eigenvalue weighted by molar-refractivity contribution is -0.123. The van der Waals surface area contributed by atoms with E-state index in [0.717, 1.165) is 85.5 Å². The molecule has 2 saturated heterocycles. The Balaban J connectivity index is 0.000000421. The Labute approximate surface area is 273 Å². The van der Waals surface area contributed by atoms with Crippen LogP contribution in [-0.2, 0) is 9.59 Å². The van der Waals surface area contributed by atoms with E-state index >= 15 is 0 Å². The van der Waals surface area contributed by atoms with Crippen molar-refractivity contribution in [2.45, 2.75) is 118 Å². The number of halogens is 1. The molecule has 0 bridgehead atoms. The summed E-state index contributed by atoms with van der Waals surface area (Å²) < 4.78 is 0. The highest BCUT2D eigenvalue weighted by Crippen LogP contribution is 2.25. The van der Waals surface area contributed by atoms with E-state index in [1.165, 1.54) is 38.5 Å². The van der Waals surface area contributed by atoms with Crippen molar-refractivity contribution in [2.75, 3.05) is 36.8 Å². The number of amides is 2. The molecule has 2 atom stereocenters. The third-order valence-corrected chi connectivity index (χ3v) is 8.89. The van der Waals surface area contributed by atoms with E-state index < -0.39 is 0 Å². The van der Waals surface area contributed by atoms with Gasteiger partial charge in [0.05, 0.1) is 12.1 Å². The van der Waals surface area contributed by atoms with Crippen molar-refractivity contribution in [1.82, 2.24) is 9.80 Å². The summed E-state index contributed by atoms with van der Waals surface area (Å²) in [6, 6.07) is 12.4. The fourth-order valence-corrected chi connectivity index (χ4v) is 6.27. The second-order valence-corrected chi connectivity index (χ2v) is 12.3. The molecule has 4 rings (SSSR count). The van der Waals surface area contributed by atoms with Crippen LogP contribution in [0.5, 0.6) is 0 Å². The van der Waals surface area contributed by atoms with E-state index in [-0.39, 0.29) is 41.8 Å². The number of hydrogen-bond acceptors (Lipinski definition) is 4. The summed E-state index contributed by atoms with van der Waals surface area (Å²) in [7, 11) is 0. The van der Waals surface area contributed by atoms with E-state index in [1.807, 2.05) is 12.1 Å². The number of benzene rings is 2. The van der Waals surface area contributed by atoms with Gasteiger partial charge in [-0.3, -0.25) is 19.4 Å². The minimum absolute atomic E-state index is 0. The molecule has 2 unspecified atom stereocenters. The number of piperidine rings is 2. The van der Waals surface area contributed by atoms with Crippen LogP contribution in [0, 0.1) is 27.7 Å².